The molecule has 3 nitrogen and oxygen atoms in total. The molecule has 0 bridgehead atoms. The topological polar surface area (TPSA) is 41.5 Å². The van der Waals surface area contributed by atoms with Crippen LogP contribution in [0.2, 0.25) is 0 Å². The molecule has 5 atom stereocenters. The van der Waals surface area contributed by atoms with E-state index in [0.717, 1.165) is 38.1 Å². The van der Waals surface area contributed by atoms with Gasteiger partial charge in [-0.2, -0.15) is 13.2 Å². The Kier molecular flexibility index (Phi) is 6.42. The van der Waals surface area contributed by atoms with Crippen LogP contribution in [-0.2, 0) is 10.9 Å². The maximum absolute atomic E-state index is 13.3. The minimum Gasteiger partial charge on any atom is -0.393 e. The van der Waals surface area contributed by atoms with Gasteiger partial charge in [-0.1, -0.05) is 35.9 Å². The third kappa shape index (κ3) is 4.66. The molecular weight excluding hydrogens is 403 g/mol. The van der Waals surface area contributed by atoms with Crippen molar-refractivity contribution in [2.24, 2.45) is 11.8 Å². The second kappa shape index (κ2) is 8.93. The van der Waals surface area contributed by atoms with Crippen molar-refractivity contribution >= 4 is 0 Å². The Morgan fingerprint density at radius 3 is 2.58 bits per heavy atom. The van der Waals surface area contributed by atoms with Crippen molar-refractivity contribution in [2.45, 2.75) is 51.0 Å². The van der Waals surface area contributed by atoms with E-state index in [1.807, 2.05) is 12.1 Å². The molecule has 6 heteroatoms. The lowest BCUT2D eigenvalue weighted by atomic mass is 9.68. The molecule has 0 radical (unpaired) electrons. The van der Waals surface area contributed by atoms with Crippen molar-refractivity contribution in [3.8, 4) is 0 Å². The molecule has 2 aromatic carbocycles. The smallest absolute Gasteiger partial charge is 0.393 e. The zero-order valence-corrected chi connectivity index (χ0v) is 18.0. The maximum Gasteiger partial charge on any atom is 0.416 e. The maximum atomic E-state index is 13.3. The number of aliphatic hydroxyl groups is 1. The van der Waals surface area contributed by atoms with Crippen LogP contribution in [0.4, 0.5) is 13.2 Å². The Labute approximate surface area is 181 Å². The molecule has 1 saturated heterocycles. The molecule has 2 aliphatic rings. The highest BCUT2D eigenvalue weighted by Gasteiger charge is 2.44. The number of aryl methyl sites for hydroxylation is 2. The summed E-state index contributed by atoms with van der Waals surface area (Å²) in [6, 6.07) is 12.2. The lowest BCUT2D eigenvalue weighted by molar-refractivity contribution is -0.137. The highest BCUT2D eigenvalue weighted by atomic mass is 19.4. The molecule has 4 rings (SSSR count). The van der Waals surface area contributed by atoms with Crippen LogP contribution in [0.5, 0.6) is 0 Å². The first kappa shape index (κ1) is 22.3. The van der Waals surface area contributed by atoms with E-state index >= 15 is 0 Å². The van der Waals surface area contributed by atoms with Crippen LogP contribution in [0.25, 0.3) is 0 Å². The summed E-state index contributed by atoms with van der Waals surface area (Å²) in [4.78, 5) is 0. The SMILES string of the molecule is Cc1cc([C@H](CO)O[C@H]2CC[C@@H]3CNC[C@H]3[C@@H]2c2ccccc2C)cc(C(F)(F)F)c1. The molecular formula is C25H30F3NO2. The number of rotatable bonds is 5. The molecule has 0 amide bonds. The summed E-state index contributed by atoms with van der Waals surface area (Å²) in [5, 5.41) is 13.6. The fourth-order valence-corrected chi connectivity index (χ4v) is 5.47. The first-order chi connectivity index (χ1) is 14.8. The van der Waals surface area contributed by atoms with Crippen molar-refractivity contribution in [2.75, 3.05) is 19.7 Å². The highest BCUT2D eigenvalue weighted by Crippen LogP contribution is 2.46. The van der Waals surface area contributed by atoms with Crippen molar-refractivity contribution in [3.63, 3.8) is 0 Å². The van der Waals surface area contributed by atoms with E-state index in [-0.39, 0.29) is 18.6 Å². The zero-order valence-electron chi connectivity index (χ0n) is 18.0. The molecule has 0 aromatic heterocycles. The largest absolute Gasteiger partial charge is 0.416 e. The zero-order chi connectivity index (χ0) is 22.2. The quantitative estimate of drug-likeness (QED) is 0.685. The van der Waals surface area contributed by atoms with Crippen LogP contribution in [0.15, 0.2) is 42.5 Å². The molecule has 1 saturated carbocycles. The number of ether oxygens (including phenoxy) is 1. The van der Waals surface area contributed by atoms with Crippen molar-refractivity contribution in [1.29, 1.82) is 0 Å². The van der Waals surface area contributed by atoms with E-state index in [1.165, 1.54) is 11.1 Å². The normalized spacial score (nSPS) is 27.2. The van der Waals surface area contributed by atoms with Gasteiger partial charge in [0.15, 0.2) is 0 Å². The molecule has 1 aliphatic carbocycles. The van der Waals surface area contributed by atoms with Gasteiger partial charge in [0.25, 0.3) is 0 Å². The van der Waals surface area contributed by atoms with Crippen LogP contribution >= 0.6 is 0 Å². The van der Waals surface area contributed by atoms with Crippen LogP contribution in [0, 0.1) is 25.7 Å². The summed E-state index contributed by atoms with van der Waals surface area (Å²) in [5.74, 6) is 1.14. The molecule has 31 heavy (non-hydrogen) atoms. The average Bonchev–Trinajstić information content (AvgIpc) is 3.20. The standard InChI is InChI=1S/C25H30F3NO2/c1-15-9-18(11-19(10-15)25(26,27)28)23(14-30)31-22-8-7-17-12-29-13-21(17)24(22)20-6-4-3-5-16(20)2/h3-6,9-11,17,21-24,29-30H,7-8,12-14H2,1-2H3/t17-,21-,22+,23+,24+/m1/s1. The van der Waals surface area contributed by atoms with Crippen molar-refractivity contribution in [1.82, 2.24) is 5.32 Å². The highest BCUT2D eigenvalue weighted by molar-refractivity contribution is 5.34. The van der Waals surface area contributed by atoms with Gasteiger partial charge >= 0.3 is 6.18 Å². The third-order valence-electron chi connectivity index (χ3n) is 6.93. The van der Waals surface area contributed by atoms with Crippen molar-refractivity contribution in [3.05, 3.63) is 70.3 Å². The number of aliphatic hydroxyl groups excluding tert-OH is 1. The van der Waals surface area contributed by atoms with Gasteiger partial charge in [0, 0.05) is 5.92 Å². The van der Waals surface area contributed by atoms with E-state index in [4.69, 9.17) is 4.74 Å². The van der Waals surface area contributed by atoms with E-state index in [2.05, 4.69) is 24.4 Å². The van der Waals surface area contributed by atoms with E-state index < -0.39 is 17.8 Å². The minimum atomic E-state index is -4.43. The predicted octanol–water partition coefficient (Wildman–Crippen LogP) is 5.15. The van der Waals surface area contributed by atoms with Gasteiger partial charge in [-0.25, -0.2) is 0 Å². The summed E-state index contributed by atoms with van der Waals surface area (Å²) >= 11 is 0. The van der Waals surface area contributed by atoms with Crippen molar-refractivity contribution < 1.29 is 23.0 Å². The Morgan fingerprint density at radius 2 is 1.87 bits per heavy atom. The number of hydrogen-bond donors (Lipinski definition) is 2. The van der Waals surface area contributed by atoms with Crippen LogP contribution in [0.3, 0.4) is 0 Å². The molecule has 1 aliphatic heterocycles. The molecule has 0 spiro atoms. The first-order valence-electron chi connectivity index (χ1n) is 11.0. The summed E-state index contributed by atoms with van der Waals surface area (Å²) < 4.78 is 46.4. The van der Waals surface area contributed by atoms with Crippen LogP contribution < -0.4 is 5.32 Å². The molecule has 0 unspecified atom stereocenters. The fourth-order valence-electron chi connectivity index (χ4n) is 5.47. The van der Waals surface area contributed by atoms with Gasteiger partial charge in [0.1, 0.15) is 6.10 Å². The second-order valence-electron chi connectivity index (χ2n) is 9.02. The second-order valence-corrected chi connectivity index (χ2v) is 9.02. The number of hydrogen-bond acceptors (Lipinski definition) is 3. The minimum absolute atomic E-state index is 0.149. The van der Waals surface area contributed by atoms with E-state index in [1.54, 1.807) is 13.0 Å². The van der Waals surface area contributed by atoms with E-state index in [9.17, 15) is 18.3 Å². The lowest BCUT2D eigenvalue weighted by Crippen LogP contribution is -2.39. The van der Waals surface area contributed by atoms with Gasteiger partial charge in [0.2, 0.25) is 0 Å². The molecule has 2 N–H and O–H groups in total. The van der Waals surface area contributed by atoms with Gasteiger partial charge < -0.3 is 15.2 Å². The Balaban J connectivity index is 1.66. The molecule has 2 aromatic rings. The number of benzene rings is 2. The Hall–Kier alpha value is -1.89. The van der Waals surface area contributed by atoms with Gasteiger partial charge in [-0.3, -0.25) is 0 Å². The summed E-state index contributed by atoms with van der Waals surface area (Å²) in [6.45, 7) is 5.28. The molecule has 1 heterocycles. The van der Waals surface area contributed by atoms with Crippen LogP contribution in [0.1, 0.15) is 52.7 Å². The van der Waals surface area contributed by atoms with Gasteiger partial charge in [-0.05, 0) is 80.4 Å². The monoisotopic (exact) mass is 433 g/mol. The Bertz CT molecular complexity index is 914. The van der Waals surface area contributed by atoms with Gasteiger partial charge in [0.05, 0.1) is 18.3 Å². The number of fused-ring (bicyclic) bond motifs is 1. The summed E-state index contributed by atoms with van der Waals surface area (Å²) in [6.07, 6.45) is -3.53. The van der Waals surface area contributed by atoms with Gasteiger partial charge in [-0.15, -0.1) is 0 Å². The fraction of sp³-hybridized carbons (Fsp3) is 0.520. The number of halogens is 3. The first-order valence-corrected chi connectivity index (χ1v) is 11.0. The summed E-state index contributed by atoms with van der Waals surface area (Å²) in [5.41, 5.74) is 2.62. The lowest BCUT2D eigenvalue weighted by Gasteiger charge is -2.41. The average molecular weight is 434 g/mol. The van der Waals surface area contributed by atoms with E-state index in [0.29, 0.717) is 23.0 Å². The Morgan fingerprint density at radius 1 is 1.10 bits per heavy atom. The molecule has 168 valence electrons. The number of nitrogens with one attached hydrogen (secondary N) is 1. The molecule has 2 fully saturated rings. The third-order valence-corrected chi connectivity index (χ3v) is 6.93. The summed E-state index contributed by atoms with van der Waals surface area (Å²) in [7, 11) is 0. The van der Waals surface area contributed by atoms with Crippen LogP contribution in [-0.4, -0.2) is 30.9 Å². The predicted molar refractivity (Wildman–Crippen MR) is 114 cm³/mol. The number of alkyl halides is 3.